The Morgan fingerprint density at radius 3 is 2.61 bits per heavy atom. The third-order valence-electron chi connectivity index (χ3n) is 4.73. The smallest absolute Gasteiger partial charge is 0.332 e. The molecule has 33 heavy (non-hydrogen) atoms. The second-order valence-electron chi connectivity index (χ2n) is 6.92. The normalized spacial score (nSPS) is 11.0. The zero-order chi connectivity index (χ0) is 23.7. The lowest BCUT2D eigenvalue weighted by Gasteiger charge is -2.13. The SMILES string of the molecule is COc1ccccc1-c1nc(SCC(=O)Nc2nnc(C)s2)c2c(=O)n(C)c(=O)n(C)c2n1. The summed E-state index contributed by atoms with van der Waals surface area (Å²) in [4.78, 5) is 47.0. The average Bonchev–Trinajstić information content (AvgIpc) is 3.23. The fraction of sp³-hybridized carbons (Fsp3) is 0.250. The van der Waals surface area contributed by atoms with E-state index in [9.17, 15) is 14.4 Å². The van der Waals surface area contributed by atoms with E-state index in [0.29, 0.717) is 16.4 Å². The molecule has 1 amide bonds. The number of amides is 1. The summed E-state index contributed by atoms with van der Waals surface area (Å²) in [6.45, 7) is 1.79. The number of hydrogen-bond acceptors (Lipinski definition) is 10. The summed E-state index contributed by atoms with van der Waals surface area (Å²) >= 11 is 2.33. The van der Waals surface area contributed by atoms with Crippen LogP contribution < -0.4 is 21.3 Å². The van der Waals surface area contributed by atoms with E-state index in [2.05, 4.69) is 25.5 Å². The van der Waals surface area contributed by atoms with Crippen LogP contribution in [0, 0.1) is 6.92 Å². The van der Waals surface area contributed by atoms with Crippen LogP contribution in [0.1, 0.15) is 5.01 Å². The molecule has 0 radical (unpaired) electrons. The van der Waals surface area contributed by atoms with E-state index >= 15 is 0 Å². The third kappa shape index (κ3) is 4.36. The first kappa shape index (κ1) is 22.6. The number of carbonyl (C=O) groups is 1. The molecule has 0 saturated heterocycles. The fourth-order valence-corrected chi connectivity index (χ4v) is 4.54. The number of nitrogens with one attached hydrogen (secondary N) is 1. The van der Waals surface area contributed by atoms with Crippen molar-refractivity contribution in [1.29, 1.82) is 0 Å². The Kier molecular flexibility index (Phi) is 6.24. The number of para-hydroxylation sites is 1. The zero-order valence-electron chi connectivity index (χ0n) is 18.1. The number of ether oxygens (including phenoxy) is 1. The maximum atomic E-state index is 12.9. The molecule has 0 fully saturated rings. The number of hydrogen-bond donors (Lipinski definition) is 1. The Hall–Kier alpha value is -3.58. The summed E-state index contributed by atoms with van der Waals surface area (Å²) in [6, 6.07) is 7.15. The molecule has 0 saturated carbocycles. The molecule has 1 N–H and O–H groups in total. The first-order chi connectivity index (χ1) is 15.8. The number of aromatic nitrogens is 6. The Bertz CT molecular complexity index is 1490. The van der Waals surface area contributed by atoms with Crippen molar-refractivity contribution in [1.82, 2.24) is 29.3 Å². The van der Waals surface area contributed by atoms with Gasteiger partial charge in [0.15, 0.2) is 11.5 Å². The highest BCUT2D eigenvalue weighted by Crippen LogP contribution is 2.31. The fourth-order valence-electron chi connectivity index (χ4n) is 3.12. The molecule has 1 aromatic carbocycles. The maximum absolute atomic E-state index is 12.9. The van der Waals surface area contributed by atoms with Gasteiger partial charge in [0.1, 0.15) is 21.2 Å². The van der Waals surface area contributed by atoms with Crippen molar-refractivity contribution in [2.45, 2.75) is 11.9 Å². The predicted octanol–water partition coefficient (Wildman–Crippen LogP) is 1.59. The first-order valence-electron chi connectivity index (χ1n) is 9.64. The second kappa shape index (κ2) is 9.11. The summed E-state index contributed by atoms with van der Waals surface area (Å²) in [7, 11) is 4.44. The van der Waals surface area contributed by atoms with Gasteiger partial charge in [-0.3, -0.25) is 24.0 Å². The standard InChI is InChI=1S/C20H19N7O4S2/c1-10-24-25-19(33-10)21-13(28)9-32-17-14-16(26(2)20(30)27(3)18(14)29)22-15(23-17)11-7-5-6-8-12(11)31-4/h5-8H,9H2,1-4H3,(H,21,25,28). The highest BCUT2D eigenvalue weighted by atomic mass is 32.2. The quantitative estimate of drug-likeness (QED) is 0.319. The number of aryl methyl sites for hydroxylation is 2. The van der Waals surface area contributed by atoms with Gasteiger partial charge in [0, 0.05) is 14.1 Å². The molecular formula is C20H19N7O4S2. The number of methoxy groups -OCH3 is 1. The van der Waals surface area contributed by atoms with Gasteiger partial charge in [0.2, 0.25) is 11.0 Å². The van der Waals surface area contributed by atoms with E-state index in [4.69, 9.17) is 4.74 Å². The summed E-state index contributed by atoms with van der Waals surface area (Å²) in [5.41, 5.74) is -0.299. The minimum absolute atomic E-state index is 0.0396. The molecule has 4 rings (SSSR count). The second-order valence-corrected chi connectivity index (χ2v) is 9.07. The van der Waals surface area contributed by atoms with Crippen LogP contribution in [0.4, 0.5) is 5.13 Å². The van der Waals surface area contributed by atoms with Crippen LogP contribution in [0.25, 0.3) is 22.4 Å². The molecule has 170 valence electrons. The molecule has 0 unspecified atom stereocenters. The van der Waals surface area contributed by atoms with Gasteiger partial charge in [-0.15, -0.1) is 10.2 Å². The van der Waals surface area contributed by atoms with Crippen LogP contribution in [0.15, 0.2) is 38.9 Å². The lowest BCUT2D eigenvalue weighted by molar-refractivity contribution is -0.113. The number of anilines is 1. The molecule has 0 atom stereocenters. The summed E-state index contributed by atoms with van der Waals surface area (Å²) in [6.07, 6.45) is 0. The molecule has 13 heteroatoms. The van der Waals surface area contributed by atoms with Gasteiger partial charge < -0.3 is 4.74 Å². The van der Waals surface area contributed by atoms with E-state index in [-0.39, 0.29) is 33.5 Å². The first-order valence-corrected chi connectivity index (χ1v) is 11.4. The molecule has 3 heterocycles. The number of benzene rings is 1. The van der Waals surface area contributed by atoms with Gasteiger partial charge in [-0.2, -0.15) is 0 Å². The van der Waals surface area contributed by atoms with Crippen LogP contribution in [0.3, 0.4) is 0 Å². The highest BCUT2D eigenvalue weighted by molar-refractivity contribution is 8.00. The van der Waals surface area contributed by atoms with Crippen molar-refractivity contribution in [2.75, 3.05) is 18.2 Å². The van der Waals surface area contributed by atoms with Gasteiger partial charge in [0.25, 0.3) is 5.56 Å². The highest BCUT2D eigenvalue weighted by Gasteiger charge is 2.20. The van der Waals surface area contributed by atoms with Gasteiger partial charge in [-0.25, -0.2) is 14.8 Å². The summed E-state index contributed by atoms with van der Waals surface area (Å²) in [5.74, 6) is 0.433. The van der Waals surface area contributed by atoms with Crippen molar-refractivity contribution in [3.05, 3.63) is 50.1 Å². The topological polar surface area (TPSA) is 134 Å². The van der Waals surface area contributed by atoms with Crippen molar-refractivity contribution in [3.8, 4) is 17.1 Å². The van der Waals surface area contributed by atoms with Crippen LogP contribution >= 0.6 is 23.1 Å². The number of fused-ring (bicyclic) bond motifs is 1. The largest absolute Gasteiger partial charge is 0.496 e. The zero-order valence-corrected chi connectivity index (χ0v) is 19.8. The Morgan fingerprint density at radius 2 is 1.91 bits per heavy atom. The molecule has 0 spiro atoms. The van der Waals surface area contributed by atoms with Gasteiger partial charge >= 0.3 is 5.69 Å². The van der Waals surface area contributed by atoms with Crippen LogP contribution in [-0.4, -0.2) is 48.1 Å². The van der Waals surface area contributed by atoms with E-state index in [1.807, 2.05) is 6.07 Å². The number of nitrogens with zero attached hydrogens (tertiary/aromatic N) is 6. The van der Waals surface area contributed by atoms with Crippen LogP contribution in [-0.2, 0) is 18.9 Å². The molecule has 3 aromatic heterocycles. The van der Waals surface area contributed by atoms with Crippen molar-refractivity contribution < 1.29 is 9.53 Å². The summed E-state index contributed by atoms with van der Waals surface area (Å²) < 4.78 is 7.69. The predicted molar refractivity (Wildman–Crippen MR) is 126 cm³/mol. The van der Waals surface area contributed by atoms with Gasteiger partial charge in [-0.05, 0) is 19.1 Å². The van der Waals surface area contributed by atoms with E-state index in [1.54, 1.807) is 25.1 Å². The lowest BCUT2D eigenvalue weighted by atomic mass is 10.2. The molecular weight excluding hydrogens is 466 g/mol. The molecule has 0 aliphatic heterocycles. The molecule has 0 bridgehead atoms. The Labute approximate surface area is 195 Å². The van der Waals surface area contributed by atoms with Crippen molar-refractivity contribution in [3.63, 3.8) is 0 Å². The Morgan fingerprint density at radius 1 is 1.15 bits per heavy atom. The minimum Gasteiger partial charge on any atom is -0.496 e. The van der Waals surface area contributed by atoms with E-state index < -0.39 is 11.2 Å². The van der Waals surface area contributed by atoms with Crippen molar-refractivity contribution in [2.24, 2.45) is 14.1 Å². The van der Waals surface area contributed by atoms with Crippen LogP contribution in [0.2, 0.25) is 0 Å². The molecule has 0 aliphatic carbocycles. The minimum atomic E-state index is -0.540. The third-order valence-corrected chi connectivity index (χ3v) is 6.46. The summed E-state index contributed by atoms with van der Waals surface area (Å²) in [5, 5.41) is 12.0. The van der Waals surface area contributed by atoms with Gasteiger partial charge in [-0.1, -0.05) is 35.2 Å². The molecule has 4 aromatic rings. The Balaban J connectivity index is 1.81. The van der Waals surface area contributed by atoms with Crippen LogP contribution in [0.5, 0.6) is 5.75 Å². The van der Waals surface area contributed by atoms with E-state index in [0.717, 1.165) is 21.3 Å². The van der Waals surface area contributed by atoms with Gasteiger partial charge in [0.05, 0.1) is 18.4 Å². The monoisotopic (exact) mass is 485 g/mol. The average molecular weight is 486 g/mol. The molecule has 0 aliphatic rings. The molecule has 11 nitrogen and oxygen atoms in total. The number of rotatable bonds is 6. The number of carbonyl (C=O) groups excluding carboxylic acids is 1. The number of thioether (sulfide) groups is 1. The van der Waals surface area contributed by atoms with Crippen molar-refractivity contribution >= 4 is 45.2 Å². The lowest BCUT2D eigenvalue weighted by Crippen LogP contribution is -2.37. The van der Waals surface area contributed by atoms with E-state index in [1.165, 1.54) is 37.1 Å². The maximum Gasteiger partial charge on any atom is 0.332 e.